The SMILES string of the molecule is C=C/C=C(\C=C(/C)CN)c1cc(COc2ccccc2CC)cc2cc(CN)oc12.CC.O=CO. The first-order chi connectivity index (χ1) is 17.0. The van der Waals surface area contributed by atoms with Crippen molar-refractivity contribution in [1.82, 2.24) is 0 Å². The minimum atomic E-state index is -0.250. The van der Waals surface area contributed by atoms with Crippen molar-refractivity contribution in [2.24, 2.45) is 11.5 Å². The van der Waals surface area contributed by atoms with Gasteiger partial charge in [-0.2, -0.15) is 0 Å². The molecule has 0 aliphatic carbocycles. The van der Waals surface area contributed by atoms with Crippen molar-refractivity contribution < 1.29 is 19.1 Å². The predicted molar refractivity (Wildman–Crippen MR) is 145 cm³/mol. The summed E-state index contributed by atoms with van der Waals surface area (Å²) >= 11 is 0. The first-order valence-electron chi connectivity index (χ1n) is 11.7. The number of aryl methyl sites for hydroxylation is 1. The summed E-state index contributed by atoms with van der Waals surface area (Å²) in [6.45, 7) is 13.1. The van der Waals surface area contributed by atoms with Gasteiger partial charge in [0.05, 0.1) is 6.54 Å². The Morgan fingerprint density at radius 1 is 1.17 bits per heavy atom. The van der Waals surface area contributed by atoms with Gasteiger partial charge in [0.25, 0.3) is 6.47 Å². The van der Waals surface area contributed by atoms with Crippen LogP contribution >= 0.6 is 0 Å². The first kappa shape index (κ1) is 29.4. The summed E-state index contributed by atoms with van der Waals surface area (Å²) in [5.41, 5.74) is 17.7. The van der Waals surface area contributed by atoms with Crippen LogP contribution in [-0.2, 0) is 24.4 Å². The second-order valence-corrected chi connectivity index (χ2v) is 7.39. The van der Waals surface area contributed by atoms with E-state index in [2.05, 4.69) is 37.8 Å². The normalized spacial score (nSPS) is 11.1. The molecule has 0 fully saturated rings. The molecule has 2 aromatic carbocycles. The van der Waals surface area contributed by atoms with Crippen LogP contribution in [0, 0.1) is 0 Å². The molecular weight excluding hydrogens is 440 g/mol. The average molecular weight is 479 g/mol. The molecule has 1 heterocycles. The maximum Gasteiger partial charge on any atom is 0.290 e. The van der Waals surface area contributed by atoms with Crippen molar-refractivity contribution in [3.8, 4) is 5.75 Å². The lowest BCUT2D eigenvalue weighted by Crippen LogP contribution is -2.01. The molecule has 0 saturated heterocycles. The summed E-state index contributed by atoms with van der Waals surface area (Å²) < 4.78 is 12.2. The Morgan fingerprint density at radius 3 is 2.46 bits per heavy atom. The molecule has 0 radical (unpaired) electrons. The van der Waals surface area contributed by atoms with Gasteiger partial charge in [-0.05, 0) is 54.3 Å². The summed E-state index contributed by atoms with van der Waals surface area (Å²) in [7, 11) is 0. The standard InChI is InChI=1S/C26H30N2O2.C2H6.CH2O2/c1-4-8-21(11-18(3)15-27)24-13-19(12-22-14-23(16-28)30-26(22)24)17-29-25-10-7-6-9-20(25)5-2;1-2;2-1-3/h4,6-14H,1,5,15-17,27-28H2,2-3H3;1-2H3;1H,(H,2,3)/b18-11+,21-8+;;. The molecule has 0 atom stereocenters. The van der Waals surface area contributed by atoms with Crippen LogP contribution < -0.4 is 16.2 Å². The van der Waals surface area contributed by atoms with E-state index in [4.69, 9.17) is 30.5 Å². The quantitative estimate of drug-likeness (QED) is 0.248. The number of furan rings is 1. The number of carbonyl (C=O) groups is 1. The summed E-state index contributed by atoms with van der Waals surface area (Å²) in [6, 6.07) is 14.3. The summed E-state index contributed by atoms with van der Waals surface area (Å²) in [6.07, 6.45) is 6.74. The van der Waals surface area contributed by atoms with Crippen molar-refractivity contribution >= 4 is 23.0 Å². The highest BCUT2D eigenvalue weighted by Gasteiger charge is 2.13. The number of allylic oxidation sites excluding steroid dienone is 4. The summed E-state index contributed by atoms with van der Waals surface area (Å²) in [5.74, 6) is 1.66. The number of carboxylic acid groups (broad SMARTS) is 1. The third kappa shape index (κ3) is 8.59. The van der Waals surface area contributed by atoms with E-state index >= 15 is 0 Å². The molecule has 0 bridgehead atoms. The van der Waals surface area contributed by atoms with Crippen molar-refractivity contribution in [1.29, 1.82) is 0 Å². The molecule has 188 valence electrons. The average Bonchev–Trinajstić information content (AvgIpc) is 3.31. The van der Waals surface area contributed by atoms with Crippen molar-refractivity contribution in [3.05, 3.63) is 95.3 Å². The van der Waals surface area contributed by atoms with E-state index in [1.807, 2.05) is 51.1 Å². The fourth-order valence-corrected chi connectivity index (χ4v) is 3.43. The van der Waals surface area contributed by atoms with Gasteiger partial charge < -0.3 is 25.7 Å². The van der Waals surface area contributed by atoms with Gasteiger partial charge in [-0.15, -0.1) is 0 Å². The molecule has 0 aliphatic rings. The van der Waals surface area contributed by atoms with Crippen LogP contribution in [0.25, 0.3) is 16.5 Å². The summed E-state index contributed by atoms with van der Waals surface area (Å²) in [5, 5.41) is 7.89. The van der Waals surface area contributed by atoms with Crippen LogP contribution in [0.5, 0.6) is 5.75 Å². The molecule has 3 aromatic rings. The number of rotatable bonds is 9. The highest BCUT2D eigenvalue weighted by atomic mass is 16.5. The number of fused-ring (bicyclic) bond motifs is 1. The van der Waals surface area contributed by atoms with Gasteiger partial charge >= 0.3 is 0 Å². The van der Waals surface area contributed by atoms with Gasteiger partial charge in [0.2, 0.25) is 0 Å². The zero-order valence-corrected chi connectivity index (χ0v) is 21.2. The first-order valence-corrected chi connectivity index (χ1v) is 11.7. The van der Waals surface area contributed by atoms with Crippen molar-refractivity contribution in [2.45, 2.75) is 47.3 Å². The van der Waals surface area contributed by atoms with Gasteiger partial charge in [0.1, 0.15) is 23.7 Å². The maximum absolute atomic E-state index is 8.36. The van der Waals surface area contributed by atoms with Crippen LogP contribution in [0.4, 0.5) is 0 Å². The molecule has 6 heteroatoms. The van der Waals surface area contributed by atoms with Gasteiger partial charge in [0, 0.05) is 17.5 Å². The monoisotopic (exact) mass is 478 g/mol. The second kappa shape index (κ2) is 16.1. The zero-order chi connectivity index (χ0) is 26.2. The van der Waals surface area contributed by atoms with Crippen molar-refractivity contribution in [3.63, 3.8) is 0 Å². The lowest BCUT2D eigenvalue weighted by molar-refractivity contribution is -0.122. The van der Waals surface area contributed by atoms with Crippen LogP contribution in [0.2, 0.25) is 0 Å². The third-order valence-electron chi connectivity index (χ3n) is 5.01. The number of benzene rings is 2. The molecule has 0 amide bonds. The molecule has 35 heavy (non-hydrogen) atoms. The smallest absolute Gasteiger partial charge is 0.290 e. The van der Waals surface area contributed by atoms with Crippen LogP contribution in [0.3, 0.4) is 0 Å². The van der Waals surface area contributed by atoms with E-state index in [0.717, 1.165) is 51.2 Å². The maximum atomic E-state index is 8.36. The fraction of sp³-hybridized carbons (Fsp3) is 0.276. The molecule has 0 spiro atoms. The number of nitrogens with two attached hydrogens (primary N) is 2. The highest BCUT2D eigenvalue weighted by Crippen LogP contribution is 2.32. The Morgan fingerprint density at radius 2 is 1.86 bits per heavy atom. The van der Waals surface area contributed by atoms with E-state index in [9.17, 15) is 0 Å². The number of hydrogen-bond donors (Lipinski definition) is 3. The van der Waals surface area contributed by atoms with Crippen LogP contribution in [0.15, 0.2) is 77.3 Å². The lowest BCUT2D eigenvalue weighted by atomic mass is 9.98. The predicted octanol–water partition coefficient (Wildman–Crippen LogP) is 6.23. The van der Waals surface area contributed by atoms with E-state index in [1.165, 1.54) is 5.56 Å². The minimum Gasteiger partial charge on any atom is -0.489 e. The van der Waals surface area contributed by atoms with Crippen LogP contribution in [-0.4, -0.2) is 18.1 Å². The molecule has 5 N–H and O–H groups in total. The molecule has 0 aliphatic heterocycles. The highest BCUT2D eigenvalue weighted by molar-refractivity contribution is 5.94. The largest absolute Gasteiger partial charge is 0.489 e. The van der Waals surface area contributed by atoms with E-state index in [1.54, 1.807) is 6.08 Å². The minimum absolute atomic E-state index is 0.250. The fourth-order valence-electron chi connectivity index (χ4n) is 3.43. The number of ether oxygens (including phenoxy) is 1. The van der Waals surface area contributed by atoms with Gasteiger partial charge in [-0.3, -0.25) is 4.79 Å². The van der Waals surface area contributed by atoms with Crippen molar-refractivity contribution in [2.75, 3.05) is 6.54 Å². The lowest BCUT2D eigenvalue weighted by Gasteiger charge is -2.12. The van der Waals surface area contributed by atoms with Gasteiger partial charge in [-0.25, -0.2) is 0 Å². The Kier molecular flexibility index (Phi) is 13.5. The van der Waals surface area contributed by atoms with Gasteiger partial charge in [-0.1, -0.05) is 69.4 Å². The number of para-hydroxylation sites is 1. The van der Waals surface area contributed by atoms with Gasteiger partial charge in [0.15, 0.2) is 0 Å². The van der Waals surface area contributed by atoms with E-state index in [-0.39, 0.29) is 6.47 Å². The number of hydrogen-bond acceptors (Lipinski definition) is 5. The summed E-state index contributed by atoms with van der Waals surface area (Å²) in [4.78, 5) is 8.36. The Balaban J connectivity index is 0.00000114. The van der Waals surface area contributed by atoms with Crippen LogP contribution in [0.1, 0.15) is 50.1 Å². The second-order valence-electron chi connectivity index (χ2n) is 7.39. The van der Waals surface area contributed by atoms with E-state index < -0.39 is 0 Å². The molecular formula is C29H38N2O4. The topological polar surface area (TPSA) is 112 Å². The molecule has 0 saturated carbocycles. The van der Waals surface area contributed by atoms with E-state index in [0.29, 0.717) is 19.7 Å². The zero-order valence-electron chi connectivity index (χ0n) is 21.2. The molecule has 6 nitrogen and oxygen atoms in total. The molecule has 0 unspecified atom stereocenters. The molecule has 3 rings (SSSR count). The third-order valence-corrected chi connectivity index (χ3v) is 5.01. The molecule has 1 aromatic heterocycles. The Hall–Kier alpha value is -3.61. The Labute approximate surface area is 208 Å². The Bertz CT molecular complexity index is 1140.